The zero-order chi connectivity index (χ0) is 4.83. The minimum atomic E-state index is 0.822. The lowest BCUT2D eigenvalue weighted by molar-refractivity contribution is 0.727. The molecule has 0 aromatic heterocycles. The zero-order valence-corrected chi connectivity index (χ0v) is 5.53. The lowest BCUT2D eigenvalue weighted by Gasteiger charge is -1.91. The van der Waals surface area contributed by atoms with Gasteiger partial charge in [-0.15, -0.1) is 0 Å². The second-order valence-electron chi connectivity index (χ2n) is 0.838. The molecule has 0 aromatic rings. The minimum Gasteiger partial charge on any atom is -0.271 e. The summed E-state index contributed by atoms with van der Waals surface area (Å²) in [5.74, 6) is 4.92. The van der Waals surface area contributed by atoms with Crippen molar-refractivity contribution in [2.24, 2.45) is 5.84 Å². The maximum atomic E-state index is 4.92. The van der Waals surface area contributed by atoms with Gasteiger partial charge in [0.25, 0.3) is 0 Å². The molecule has 0 heterocycles. The molecule has 0 saturated carbocycles. The van der Waals surface area contributed by atoms with Gasteiger partial charge in [-0.1, -0.05) is 0 Å². The Morgan fingerprint density at radius 2 is 2.17 bits per heavy atom. The van der Waals surface area contributed by atoms with Crippen LogP contribution in [0.3, 0.4) is 0 Å². The van der Waals surface area contributed by atoms with Crippen molar-refractivity contribution in [1.82, 2.24) is 8.96 Å². The van der Waals surface area contributed by atoms with Gasteiger partial charge < -0.3 is 0 Å². The molecule has 6 heavy (non-hydrogen) atoms. The third-order valence-electron chi connectivity index (χ3n) is 0.364. The molecule has 0 spiro atoms. The van der Waals surface area contributed by atoms with Crippen molar-refractivity contribution in [3.8, 4) is 0 Å². The number of halogens is 1. The van der Waals surface area contributed by atoms with Gasteiger partial charge in [0.05, 0.1) is 0 Å². The Morgan fingerprint density at radius 1 is 1.50 bits per heavy atom. The highest BCUT2D eigenvalue weighted by Gasteiger charge is 1.72. The van der Waals surface area contributed by atoms with E-state index in [1.807, 2.05) is 0 Å². The van der Waals surface area contributed by atoms with E-state index in [1.54, 1.807) is 0 Å². The normalized spacial score (nSPS) is 9.00. The van der Waals surface area contributed by atoms with Crippen LogP contribution in [0.5, 0.6) is 0 Å². The fraction of sp³-hybridized carbons (Fsp3) is 1.00. The Kier molecular flexibility index (Phi) is 6.18. The fourth-order valence-corrected chi connectivity index (χ4v) is 0.389. The Morgan fingerprint density at radius 3 is 2.33 bits per heavy atom. The number of hydrazine groups is 1. The number of hydrogen-bond acceptors (Lipinski definition) is 3. The molecule has 0 aliphatic carbocycles. The molecule has 0 saturated heterocycles. The van der Waals surface area contributed by atoms with Gasteiger partial charge in [-0.3, -0.25) is 14.8 Å². The van der Waals surface area contributed by atoms with E-state index in [0.717, 1.165) is 13.1 Å². The fourth-order valence-electron chi connectivity index (χ4n) is 0.119. The predicted molar refractivity (Wildman–Crippen MR) is 34.2 cm³/mol. The van der Waals surface area contributed by atoms with Gasteiger partial charge in [0, 0.05) is 36.0 Å². The summed E-state index contributed by atoms with van der Waals surface area (Å²) in [6.45, 7) is 1.74. The van der Waals surface area contributed by atoms with Gasteiger partial charge in [0.1, 0.15) is 0 Å². The molecule has 0 fully saturated rings. The summed E-state index contributed by atoms with van der Waals surface area (Å²) in [6.07, 6.45) is 0. The van der Waals surface area contributed by atoms with Gasteiger partial charge in [0.2, 0.25) is 0 Å². The Bertz CT molecular complexity index is 20.8. The molecular weight excluding hydrogens is 193 g/mol. The third-order valence-corrected chi connectivity index (χ3v) is 0.903. The van der Waals surface area contributed by atoms with Crippen LogP contribution in [0, 0.1) is 0 Å². The van der Waals surface area contributed by atoms with Crippen LogP contribution < -0.4 is 14.8 Å². The van der Waals surface area contributed by atoms with Crippen molar-refractivity contribution < 1.29 is 0 Å². The largest absolute Gasteiger partial charge is 0.271 e. The van der Waals surface area contributed by atoms with Crippen molar-refractivity contribution in [3.05, 3.63) is 0 Å². The monoisotopic (exact) mass is 201 g/mol. The van der Waals surface area contributed by atoms with Crippen molar-refractivity contribution in [2.75, 3.05) is 13.1 Å². The molecular formula is C2H8IN3. The summed E-state index contributed by atoms with van der Waals surface area (Å²) in [4.78, 5) is 0. The van der Waals surface area contributed by atoms with E-state index in [4.69, 9.17) is 5.84 Å². The van der Waals surface area contributed by atoms with Crippen LogP contribution in [0.4, 0.5) is 0 Å². The molecule has 0 unspecified atom stereocenters. The molecule has 0 atom stereocenters. The average Bonchev–Trinajstić information content (AvgIpc) is 1.61. The lowest BCUT2D eigenvalue weighted by atomic mass is 10.7. The molecule has 4 N–H and O–H groups in total. The molecule has 4 heteroatoms. The van der Waals surface area contributed by atoms with Gasteiger partial charge in [-0.2, -0.15) is 0 Å². The van der Waals surface area contributed by atoms with E-state index in [0.29, 0.717) is 0 Å². The smallest absolute Gasteiger partial charge is 0.0231 e. The van der Waals surface area contributed by atoms with Crippen LogP contribution in [-0.2, 0) is 0 Å². The molecule has 0 aromatic carbocycles. The molecule has 0 rings (SSSR count). The number of rotatable bonds is 3. The van der Waals surface area contributed by atoms with Crippen molar-refractivity contribution in [3.63, 3.8) is 0 Å². The minimum absolute atomic E-state index is 0.822. The highest BCUT2D eigenvalue weighted by molar-refractivity contribution is 14.1. The van der Waals surface area contributed by atoms with Gasteiger partial charge in [-0.05, 0) is 0 Å². The van der Waals surface area contributed by atoms with E-state index in [2.05, 4.69) is 31.8 Å². The summed E-state index contributed by atoms with van der Waals surface area (Å²) < 4.78 is 2.90. The van der Waals surface area contributed by atoms with E-state index in [1.165, 1.54) is 0 Å². The van der Waals surface area contributed by atoms with E-state index in [-0.39, 0.29) is 0 Å². The number of nitrogens with two attached hydrogens (primary N) is 1. The summed E-state index contributed by atoms with van der Waals surface area (Å²) in [5, 5.41) is 0. The molecule has 38 valence electrons. The topological polar surface area (TPSA) is 50.1 Å². The van der Waals surface area contributed by atoms with E-state index < -0.39 is 0 Å². The second kappa shape index (κ2) is 5.61. The van der Waals surface area contributed by atoms with Crippen molar-refractivity contribution in [2.45, 2.75) is 0 Å². The second-order valence-corrected chi connectivity index (χ2v) is 1.60. The summed E-state index contributed by atoms with van der Waals surface area (Å²) >= 11 is 2.07. The summed E-state index contributed by atoms with van der Waals surface area (Å²) in [5.41, 5.74) is 2.50. The molecule has 0 aliphatic rings. The Labute approximate surface area is 51.1 Å². The third kappa shape index (κ3) is 4.61. The van der Waals surface area contributed by atoms with E-state index >= 15 is 0 Å². The first-order chi connectivity index (χ1) is 2.91. The number of nitrogens with one attached hydrogen (secondary N) is 2. The molecule has 0 radical (unpaired) electrons. The highest BCUT2D eigenvalue weighted by Crippen LogP contribution is 1.62. The van der Waals surface area contributed by atoms with Crippen LogP contribution in [0.1, 0.15) is 0 Å². The summed E-state index contributed by atoms with van der Waals surface area (Å²) in [7, 11) is 0. The van der Waals surface area contributed by atoms with E-state index in [9.17, 15) is 0 Å². The maximum absolute atomic E-state index is 4.92. The maximum Gasteiger partial charge on any atom is 0.0231 e. The van der Waals surface area contributed by atoms with Gasteiger partial charge in [-0.25, -0.2) is 0 Å². The SMILES string of the molecule is NNCCNI. The lowest BCUT2D eigenvalue weighted by Crippen LogP contribution is -2.28. The average molecular weight is 201 g/mol. The van der Waals surface area contributed by atoms with Crippen LogP contribution in [0.2, 0.25) is 0 Å². The standard InChI is InChI=1S/C2H8IN3/c3-5-1-2-6-4/h5-6H,1-2,4H2. The summed E-state index contributed by atoms with van der Waals surface area (Å²) in [6, 6.07) is 0. The first-order valence-electron chi connectivity index (χ1n) is 1.68. The Balaban J connectivity index is 2.34. The quantitative estimate of drug-likeness (QED) is 0.188. The number of hydrogen-bond donors (Lipinski definition) is 3. The van der Waals surface area contributed by atoms with Gasteiger partial charge >= 0.3 is 0 Å². The molecule has 0 aliphatic heterocycles. The van der Waals surface area contributed by atoms with Crippen LogP contribution >= 0.6 is 22.9 Å². The Hall–Kier alpha value is 0.610. The molecule has 0 amide bonds. The van der Waals surface area contributed by atoms with Crippen LogP contribution in [0.15, 0.2) is 0 Å². The van der Waals surface area contributed by atoms with Crippen LogP contribution in [-0.4, -0.2) is 13.1 Å². The first kappa shape index (κ1) is 6.61. The highest BCUT2D eigenvalue weighted by atomic mass is 127. The molecule has 3 nitrogen and oxygen atoms in total. The molecule has 0 bridgehead atoms. The first-order valence-corrected chi connectivity index (χ1v) is 2.76. The van der Waals surface area contributed by atoms with Gasteiger partial charge in [0.15, 0.2) is 0 Å². The van der Waals surface area contributed by atoms with Crippen LogP contribution in [0.25, 0.3) is 0 Å². The van der Waals surface area contributed by atoms with Crippen molar-refractivity contribution >= 4 is 22.9 Å². The predicted octanol–water partition coefficient (Wildman–Crippen LogP) is -0.611. The zero-order valence-electron chi connectivity index (χ0n) is 3.37. The van der Waals surface area contributed by atoms with Crippen molar-refractivity contribution in [1.29, 1.82) is 0 Å².